The maximum atomic E-state index is 14.3. The molecule has 0 spiro atoms. The number of aromatic nitrogens is 2. The standard InChI is InChI=1S/C38H34FN3O6S2/c1-3-20-47-28-17-14-25(15-18-28)34(43)32-33(26-16-19-30(31(21-26)46-4-2)48-22-24-10-6-5-7-11-24)42(36(45)35(32)44)37-40-41-38(50-37)49-23-27-12-8-9-13-29(27)39/h5-19,21,33,43H,3-4,20,22-23H2,1-2H3/b34-32+. The zero-order valence-corrected chi connectivity index (χ0v) is 29.0. The van der Waals surface area contributed by atoms with Gasteiger partial charge in [-0.15, -0.1) is 10.2 Å². The molecule has 1 aliphatic heterocycles. The van der Waals surface area contributed by atoms with Gasteiger partial charge in [0.1, 0.15) is 23.9 Å². The van der Waals surface area contributed by atoms with Crippen LogP contribution in [0.4, 0.5) is 9.52 Å². The zero-order chi connectivity index (χ0) is 35.0. The summed E-state index contributed by atoms with van der Waals surface area (Å²) in [6.07, 6.45) is 0.833. The SMILES string of the molecule is CCCOc1ccc(/C(O)=C2\C(=O)C(=O)N(c3nnc(SCc4ccccc4F)s3)C2c2ccc(OCc3ccccc3)c(OCC)c2)cc1. The molecule has 1 unspecified atom stereocenters. The van der Waals surface area contributed by atoms with Crippen molar-refractivity contribution in [3.05, 3.63) is 131 Å². The van der Waals surface area contributed by atoms with Gasteiger partial charge in [0.25, 0.3) is 5.78 Å². The van der Waals surface area contributed by atoms with Gasteiger partial charge in [-0.05, 0) is 72.5 Å². The predicted molar refractivity (Wildman–Crippen MR) is 191 cm³/mol. The summed E-state index contributed by atoms with van der Waals surface area (Å²) in [6, 6.07) is 26.9. The first kappa shape index (κ1) is 34.7. The molecule has 1 atom stereocenters. The van der Waals surface area contributed by atoms with Gasteiger partial charge in [-0.1, -0.05) is 84.6 Å². The van der Waals surface area contributed by atoms with Gasteiger partial charge < -0.3 is 19.3 Å². The van der Waals surface area contributed by atoms with Crippen molar-refractivity contribution in [3.63, 3.8) is 0 Å². The van der Waals surface area contributed by atoms with E-state index >= 15 is 0 Å². The molecule has 1 amide bonds. The van der Waals surface area contributed by atoms with Crippen LogP contribution in [0.2, 0.25) is 0 Å². The third-order valence-corrected chi connectivity index (χ3v) is 9.88. The van der Waals surface area contributed by atoms with Gasteiger partial charge in [0.05, 0.1) is 24.8 Å². The Labute approximate surface area is 297 Å². The van der Waals surface area contributed by atoms with Crippen LogP contribution < -0.4 is 19.1 Å². The number of anilines is 1. The van der Waals surface area contributed by atoms with Crippen molar-refractivity contribution in [2.45, 2.75) is 43.0 Å². The molecule has 5 aromatic rings. The molecule has 2 heterocycles. The van der Waals surface area contributed by atoms with E-state index in [4.69, 9.17) is 14.2 Å². The third kappa shape index (κ3) is 7.66. The Morgan fingerprint density at radius 2 is 1.66 bits per heavy atom. The minimum atomic E-state index is -1.08. The average molecular weight is 712 g/mol. The quantitative estimate of drug-likeness (QED) is 0.0399. The molecule has 6 rings (SSSR count). The first-order valence-electron chi connectivity index (χ1n) is 16.0. The molecule has 9 nitrogen and oxygen atoms in total. The van der Waals surface area contributed by atoms with Gasteiger partial charge in [0.15, 0.2) is 15.8 Å². The molecule has 12 heteroatoms. The van der Waals surface area contributed by atoms with Crippen LogP contribution in [0, 0.1) is 5.82 Å². The summed E-state index contributed by atoms with van der Waals surface area (Å²) in [5.41, 5.74) is 2.17. The number of carbonyl (C=O) groups excluding carboxylic acids is 2. The monoisotopic (exact) mass is 711 g/mol. The van der Waals surface area contributed by atoms with E-state index in [1.807, 2.05) is 44.2 Å². The second kappa shape index (κ2) is 16.0. The topological polar surface area (TPSA) is 111 Å². The lowest BCUT2D eigenvalue weighted by Crippen LogP contribution is -2.29. The Bertz CT molecular complexity index is 2000. The summed E-state index contributed by atoms with van der Waals surface area (Å²) in [7, 11) is 0. The minimum Gasteiger partial charge on any atom is -0.507 e. The number of thioether (sulfide) groups is 1. The van der Waals surface area contributed by atoms with Crippen LogP contribution in [0.25, 0.3) is 5.76 Å². The zero-order valence-electron chi connectivity index (χ0n) is 27.4. The molecule has 0 saturated carbocycles. The number of halogens is 1. The number of Topliss-reactive ketones (excluding diaryl/α,β-unsaturated/α-hetero) is 1. The Kier molecular flexibility index (Phi) is 11.1. The molecular weight excluding hydrogens is 678 g/mol. The van der Waals surface area contributed by atoms with Gasteiger partial charge in [-0.3, -0.25) is 14.5 Å². The maximum Gasteiger partial charge on any atom is 0.301 e. The molecule has 0 aliphatic carbocycles. The molecule has 256 valence electrons. The number of amides is 1. The Morgan fingerprint density at radius 3 is 2.40 bits per heavy atom. The van der Waals surface area contributed by atoms with Crippen molar-refractivity contribution < 1.29 is 33.3 Å². The summed E-state index contributed by atoms with van der Waals surface area (Å²) in [5, 5.41) is 20.3. The van der Waals surface area contributed by atoms with Gasteiger partial charge >= 0.3 is 5.91 Å². The Hall–Kier alpha value is -5.20. The van der Waals surface area contributed by atoms with Crippen molar-refractivity contribution in [3.8, 4) is 17.2 Å². The number of nitrogens with zero attached hydrogens (tertiary/aromatic N) is 3. The number of aliphatic hydroxyl groups is 1. The number of hydrogen-bond donors (Lipinski definition) is 1. The third-order valence-electron chi connectivity index (χ3n) is 7.78. The lowest BCUT2D eigenvalue weighted by molar-refractivity contribution is -0.132. The smallest absolute Gasteiger partial charge is 0.301 e. The highest BCUT2D eigenvalue weighted by molar-refractivity contribution is 8.00. The fourth-order valence-corrected chi connectivity index (χ4v) is 7.21. The summed E-state index contributed by atoms with van der Waals surface area (Å²) in [6.45, 7) is 5.01. The summed E-state index contributed by atoms with van der Waals surface area (Å²) < 4.78 is 32.5. The number of hydrogen-bond acceptors (Lipinski definition) is 10. The molecule has 1 aromatic heterocycles. The van der Waals surface area contributed by atoms with Crippen LogP contribution in [0.3, 0.4) is 0 Å². The number of ketones is 1. The average Bonchev–Trinajstić information content (AvgIpc) is 3.71. The fourth-order valence-electron chi connectivity index (χ4n) is 5.36. The molecule has 0 bridgehead atoms. The molecule has 1 fully saturated rings. The second-order valence-corrected chi connectivity index (χ2v) is 13.4. The van der Waals surface area contributed by atoms with E-state index in [9.17, 15) is 19.1 Å². The van der Waals surface area contributed by atoms with E-state index in [2.05, 4.69) is 10.2 Å². The number of ether oxygens (including phenoxy) is 3. The van der Waals surface area contributed by atoms with Crippen molar-refractivity contribution >= 4 is 45.7 Å². The van der Waals surface area contributed by atoms with Gasteiger partial charge in [0, 0.05) is 11.3 Å². The van der Waals surface area contributed by atoms with E-state index in [0.717, 1.165) is 23.3 Å². The Morgan fingerprint density at radius 1 is 0.900 bits per heavy atom. The molecule has 0 radical (unpaired) electrons. The van der Waals surface area contributed by atoms with E-state index in [1.54, 1.807) is 60.7 Å². The first-order valence-corrected chi connectivity index (χ1v) is 17.9. The second-order valence-electron chi connectivity index (χ2n) is 11.2. The van der Waals surface area contributed by atoms with E-state index < -0.39 is 17.7 Å². The number of carbonyl (C=O) groups is 2. The maximum absolute atomic E-state index is 14.3. The lowest BCUT2D eigenvalue weighted by atomic mass is 9.95. The van der Waals surface area contributed by atoms with Crippen LogP contribution in [0.1, 0.15) is 48.6 Å². The predicted octanol–water partition coefficient (Wildman–Crippen LogP) is 8.36. The normalized spacial score (nSPS) is 15.3. The highest BCUT2D eigenvalue weighted by atomic mass is 32.2. The summed E-state index contributed by atoms with van der Waals surface area (Å²) >= 11 is 2.36. The molecular formula is C38H34FN3O6S2. The fraction of sp³-hybridized carbons (Fsp3) is 0.211. The first-order chi connectivity index (χ1) is 24.4. The number of rotatable bonds is 14. The van der Waals surface area contributed by atoms with E-state index in [0.29, 0.717) is 63.9 Å². The van der Waals surface area contributed by atoms with Crippen LogP contribution in [-0.4, -0.2) is 40.2 Å². The molecule has 50 heavy (non-hydrogen) atoms. The number of benzene rings is 4. The summed E-state index contributed by atoms with van der Waals surface area (Å²) in [4.78, 5) is 28.9. The summed E-state index contributed by atoms with van der Waals surface area (Å²) in [5.74, 6) is -0.642. The van der Waals surface area contributed by atoms with Gasteiger partial charge in [-0.2, -0.15) is 0 Å². The molecule has 1 aliphatic rings. The highest BCUT2D eigenvalue weighted by Crippen LogP contribution is 2.46. The number of aliphatic hydroxyl groups excluding tert-OH is 1. The van der Waals surface area contributed by atoms with Crippen molar-refractivity contribution in [2.24, 2.45) is 0 Å². The van der Waals surface area contributed by atoms with Crippen molar-refractivity contribution in [1.82, 2.24) is 10.2 Å². The van der Waals surface area contributed by atoms with Crippen molar-refractivity contribution in [2.75, 3.05) is 18.1 Å². The van der Waals surface area contributed by atoms with E-state index in [1.165, 1.54) is 22.7 Å². The van der Waals surface area contributed by atoms with Gasteiger partial charge in [0.2, 0.25) is 5.13 Å². The minimum absolute atomic E-state index is 0.117. The van der Waals surface area contributed by atoms with Crippen LogP contribution in [0.5, 0.6) is 17.2 Å². The van der Waals surface area contributed by atoms with Crippen molar-refractivity contribution in [1.29, 1.82) is 0 Å². The van der Waals surface area contributed by atoms with Gasteiger partial charge in [-0.25, -0.2) is 4.39 Å². The van der Waals surface area contributed by atoms with Crippen LogP contribution in [0.15, 0.2) is 107 Å². The van der Waals surface area contributed by atoms with Crippen LogP contribution >= 0.6 is 23.1 Å². The largest absolute Gasteiger partial charge is 0.507 e. The molecule has 1 saturated heterocycles. The molecule has 4 aromatic carbocycles. The van der Waals surface area contributed by atoms with Crippen LogP contribution in [-0.2, 0) is 21.9 Å². The lowest BCUT2D eigenvalue weighted by Gasteiger charge is -2.23. The molecule has 1 N–H and O–H groups in total. The highest BCUT2D eigenvalue weighted by Gasteiger charge is 2.48. The van der Waals surface area contributed by atoms with E-state index in [-0.39, 0.29) is 22.3 Å². The Balaban J connectivity index is 1.39.